The van der Waals surface area contributed by atoms with E-state index in [4.69, 9.17) is 4.74 Å². The first-order chi connectivity index (χ1) is 14.1. The average Bonchev–Trinajstić information content (AvgIpc) is 3.05. The van der Waals surface area contributed by atoms with Crippen molar-refractivity contribution in [1.82, 2.24) is 15.2 Å². The number of aromatic nitrogens is 3. The zero-order valence-corrected chi connectivity index (χ0v) is 15.4. The molecule has 1 atom stereocenters. The molecule has 9 nitrogen and oxygen atoms in total. The number of hydrogen-bond acceptors (Lipinski definition) is 7. The van der Waals surface area contributed by atoms with Gasteiger partial charge in [0.05, 0.1) is 16.2 Å². The van der Waals surface area contributed by atoms with Crippen molar-refractivity contribution in [1.29, 1.82) is 0 Å². The van der Waals surface area contributed by atoms with Gasteiger partial charge < -0.3 is 25.3 Å². The van der Waals surface area contributed by atoms with E-state index >= 15 is 0 Å². The maximum Gasteiger partial charge on any atom is 0.323 e. The Hall–Kier alpha value is -4.05. The van der Waals surface area contributed by atoms with Gasteiger partial charge in [-0.1, -0.05) is 0 Å². The molecule has 0 fully saturated rings. The summed E-state index contributed by atoms with van der Waals surface area (Å²) in [7, 11) is -1.45. The second-order valence-electron chi connectivity index (χ2n) is 6.07. The summed E-state index contributed by atoms with van der Waals surface area (Å²) in [5.74, 6) is 0.848. The average molecular weight is 405 g/mol. The normalized spacial score (nSPS) is 13.0. The minimum absolute atomic E-state index is 0.337. The second kappa shape index (κ2) is 6.53. The first kappa shape index (κ1) is 17.1. The number of ether oxygens (including phenoxy) is 1. The number of amides is 2. The molecule has 0 saturated carbocycles. The minimum atomic E-state index is -1.45. The molecule has 0 bridgehead atoms. The molecule has 0 radical (unpaired) electrons. The lowest BCUT2D eigenvalue weighted by atomic mass is 10.1. The molecule has 0 spiro atoms. The Kier molecular flexibility index (Phi) is 3.85. The summed E-state index contributed by atoms with van der Waals surface area (Å²) in [4.78, 5) is 29.1. The third-order valence-electron chi connectivity index (χ3n) is 4.33. The quantitative estimate of drug-likeness (QED) is 0.498. The Balaban J connectivity index is 1.64. The topological polar surface area (TPSA) is 129 Å². The van der Waals surface area contributed by atoms with Crippen molar-refractivity contribution < 1.29 is 19.4 Å². The summed E-state index contributed by atoms with van der Waals surface area (Å²) < 4.78 is 5.62. The van der Waals surface area contributed by atoms with Crippen LogP contribution in [0.4, 0.5) is 21.0 Å². The highest BCUT2D eigenvalue weighted by molar-refractivity contribution is 7.57. The molecule has 4 heterocycles. The number of hydrogen-bond donors (Lipinski definition) is 2. The molecule has 142 valence electrons. The van der Waals surface area contributed by atoms with Crippen LogP contribution >= 0.6 is 10.5 Å². The van der Waals surface area contributed by atoms with Crippen molar-refractivity contribution in [2.75, 3.05) is 10.6 Å². The molecule has 29 heavy (non-hydrogen) atoms. The summed E-state index contributed by atoms with van der Waals surface area (Å²) in [6.07, 6.45) is 3.01. The van der Waals surface area contributed by atoms with Crippen LogP contribution in [0.25, 0.3) is 20.7 Å². The molecule has 0 aliphatic carbocycles. The molecule has 1 aromatic carbocycles. The summed E-state index contributed by atoms with van der Waals surface area (Å²) in [6.45, 7) is 0. The number of carbonyl (C=O) groups excluding carboxylic acids is 2. The zero-order chi connectivity index (χ0) is 20.0. The fraction of sp³-hybridized carbons (Fsp3) is 0. The van der Waals surface area contributed by atoms with Crippen LogP contribution in [0.15, 0.2) is 54.9 Å². The monoisotopic (exact) mass is 405 g/mol. The van der Waals surface area contributed by atoms with Crippen molar-refractivity contribution in [2.45, 2.75) is 0 Å². The third-order valence-corrected chi connectivity index (χ3v) is 6.21. The van der Waals surface area contributed by atoms with Gasteiger partial charge in [0.1, 0.15) is 16.8 Å². The molecular formula is C19H11N5O4S. The number of nitrogens with zero attached hydrogens (tertiary/aromatic N) is 3. The molecule has 0 saturated heterocycles. The van der Waals surface area contributed by atoms with E-state index in [1.165, 1.54) is 12.4 Å². The number of pyridine rings is 1. The van der Waals surface area contributed by atoms with Crippen molar-refractivity contribution in [3.05, 3.63) is 54.9 Å². The Labute approximate surface area is 166 Å². The van der Waals surface area contributed by atoms with Gasteiger partial charge in [-0.2, -0.15) is 5.10 Å². The Morgan fingerprint density at radius 1 is 1.07 bits per heavy atom. The van der Waals surface area contributed by atoms with Crippen LogP contribution in [0.2, 0.25) is 0 Å². The lowest BCUT2D eigenvalue weighted by molar-refractivity contribution is -0.233. The Bertz CT molecular complexity index is 1270. The van der Waals surface area contributed by atoms with Gasteiger partial charge in [0, 0.05) is 24.0 Å². The minimum Gasteiger partial charge on any atom is -0.500 e. The predicted octanol–water partition coefficient (Wildman–Crippen LogP) is 3.38. The van der Waals surface area contributed by atoms with E-state index < -0.39 is 21.8 Å². The Morgan fingerprint density at radius 2 is 1.90 bits per heavy atom. The lowest BCUT2D eigenvalue weighted by Crippen LogP contribution is -2.23. The fourth-order valence-corrected chi connectivity index (χ4v) is 5.03. The van der Waals surface area contributed by atoms with Gasteiger partial charge in [0.15, 0.2) is 0 Å². The maximum absolute atomic E-state index is 12.1. The SMILES string of the molecule is O=C1Nc2ccnc3c2c(c(-c2ccc(Oc4cccnn4)cc2)[s+]3C(=O)[O-])N1. The number of thiophene rings is 1. The van der Waals surface area contributed by atoms with Crippen LogP contribution in [0.1, 0.15) is 0 Å². The van der Waals surface area contributed by atoms with Gasteiger partial charge in [0.25, 0.3) is 4.83 Å². The van der Waals surface area contributed by atoms with Crippen molar-refractivity contribution in [3.8, 4) is 22.1 Å². The maximum atomic E-state index is 12.1. The van der Waals surface area contributed by atoms with Gasteiger partial charge in [-0.3, -0.25) is 0 Å². The third kappa shape index (κ3) is 2.82. The van der Waals surface area contributed by atoms with E-state index in [0.29, 0.717) is 43.7 Å². The van der Waals surface area contributed by atoms with Crippen LogP contribution < -0.4 is 20.5 Å². The first-order valence-corrected chi connectivity index (χ1v) is 9.67. The molecule has 2 N–H and O–H groups in total. The number of carboxylic acid groups (broad SMARTS) is 1. The number of benzene rings is 1. The smallest absolute Gasteiger partial charge is 0.323 e. The van der Waals surface area contributed by atoms with E-state index in [9.17, 15) is 14.7 Å². The highest BCUT2D eigenvalue weighted by Gasteiger charge is 2.36. The van der Waals surface area contributed by atoms with Crippen LogP contribution in [-0.2, 0) is 0 Å². The molecule has 5 rings (SSSR count). The van der Waals surface area contributed by atoms with Crippen LogP contribution in [0, 0.1) is 0 Å². The van der Waals surface area contributed by atoms with E-state index in [2.05, 4.69) is 25.8 Å². The summed E-state index contributed by atoms with van der Waals surface area (Å²) in [6, 6.07) is 11.4. The van der Waals surface area contributed by atoms with Crippen molar-refractivity contribution in [3.63, 3.8) is 0 Å². The predicted molar refractivity (Wildman–Crippen MR) is 105 cm³/mol. The Morgan fingerprint density at radius 3 is 2.62 bits per heavy atom. The molecule has 1 unspecified atom stereocenters. The van der Waals surface area contributed by atoms with Crippen LogP contribution in [0.5, 0.6) is 11.6 Å². The first-order valence-electron chi connectivity index (χ1n) is 8.45. The lowest BCUT2D eigenvalue weighted by Gasteiger charge is -2.13. The van der Waals surface area contributed by atoms with Crippen molar-refractivity contribution in [2.24, 2.45) is 0 Å². The van der Waals surface area contributed by atoms with Gasteiger partial charge in [-0.25, -0.2) is 9.78 Å². The standard InChI is InChI=1S/C19H11N5O4S/c25-18-22-12-7-9-20-17-14(12)15(23-18)16(29(17)19(26)27)10-3-5-11(6-4-10)28-13-2-1-8-21-24-13/h1-9H,(H2-,20,22,23,25,26,27). The van der Waals surface area contributed by atoms with Crippen LogP contribution in [-0.4, -0.2) is 26.5 Å². The van der Waals surface area contributed by atoms with E-state index in [1.54, 1.807) is 42.5 Å². The number of carbonyl (C=O) groups is 2. The molecule has 1 aliphatic heterocycles. The van der Waals surface area contributed by atoms with Crippen LogP contribution in [0.3, 0.4) is 0 Å². The molecule has 2 amide bonds. The van der Waals surface area contributed by atoms with Gasteiger partial charge in [0.2, 0.25) is 10.8 Å². The van der Waals surface area contributed by atoms with Crippen molar-refractivity contribution >= 4 is 43.4 Å². The summed E-state index contributed by atoms with van der Waals surface area (Å²) >= 11 is 0. The van der Waals surface area contributed by atoms with E-state index in [1.807, 2.05) is 0 Å². The molecular weight excluding hydrogens is 394 g/mol. The second-order valence-corrected chi connectivity index (χ2v) is 7.81. The summed E-state index contributed by atoms with van der Waals surface area (Å²) in [5, 5.41) is 24.3. The van der Waals surface area contributed by atoms with Gasteiger partial charge >= 0.3 is 11.3 Å². The molecule has 4 aromatic rings. The number of nitrogens with one attached hydrogen (secondary N) is 2. The summed E-state index contributed by atoms with van der Waals surface area (Å²) in [5.41, 5.74) is 1.57. The van der Waals surface area contributed by atoms with E-state index in [-0.39, 0.29) is 0 Å². The molecule has 1 aliphatic rings. The highest BCUT2D eigenvalue weighted by atomic mass is 32.2. The van der Waals surface area contributed by atoms with Gasteiger partial charge in [-0.15, -0.1) is 5.10 Å². The number of anilines is 2. The molecule has 10 heteroatoms. The largest absolute Gasteiger partial charge is 0.500 e. The number of urea groups is 1. The van der Waals surface area contributed by atoms with Gasteiger partial charge in [-0.05, 0) is 36.4 Å². The fourth-order valence-electron chi connectivity index (χ4n) is 3.20. The molecule has 3 aromatic heterocycles. The zero-order valence-electron chi connectivity index (χ0n) is 14.6. The number of rotatable bonds is 4. The van der Waals surface area contributed by atoms with E-state index in [0.717, 1.165) is 0 Å². The highest BCUT2D eigenvalue weighted by Crippen LogP contribution is 2.52.